The van der Waals surface area contributed by atoms with Crippen molar-refractivity contribution in [3.8, 4) is 17.6 Å². The van der Waals surface area contributed by atoms with Gasteiger partial charge in [0.25, 0.3) is 0 Å². The summed E-state index contributed by atoms with van der Waals surface area (Å²) in [5, 5.41) is 12.6. The molecule has 1 unspecified atom stereocenters. The van der Waals surface area contributed by atoms with E-state index in [9.17, 15) is 10.1 Å². The van der Waals surface area contributed by atoms with Crippen LogP contribution in [0.3, 0.4) is 0 Å². The summed E-state index contributed by atoms with van der Waals surface area (Å²) in [6, 6.07) is 24.4. The molecule has 0 spiro atoms. The molecule has 1 atom stereocenters. The monoisotopic (exact) mass is 622 g/mol. The summed E-state index contributed by atoms with van der Waals surface area (Å²) >= 11 is 1.52. The summed E-state index contributed by atoms with van der Waals surface area (Å²) in [6.07, 6.45) is 2.61. The molecular formula is C35H38N6O3S. The second-order valence-corrected chi connectivity index (χ2v) is 13.1. The minimum atomic E-state index is -0.602. The fourth-order valence-corrected chi connectivity index (χ4v) is 6.42. The van der Waals surface area contributed by atoms with Crippen molar-refractivity contribution in [1.82, 2.24) is 14.9 Å². The number of nitrogens with zero attached hydrogens (tertiary/aromatic N) is 6. The lowest BCUT2D eigenvalue weighted by Crippen LogP contribution is -2.56. The molecule has 2 aliphatic heterocycles. The zero-order valence-electron chi connectivity index (χ0n) is 26.2. The highest BCUT2D eigenvalue weighted by atomic mass is 32.2. The maximum atomic E-state index is 13.0. The van der Waals surface area contributed by atoms with Crippen LogP contribution in [-0.2, 0) is 17.7 Å². The first-order valence-corrected chi connectivity index (χ1v) is 16.5. The number of carbonyl (C=O) groups excluding carboxylic acids is 1. The molecule has 1 fully saturated rings. The van der Waals surface area contributed by atoms with Crippen LogP contribution in [0.15, 0.2) is 71.9 Å². The molecule has 1 aromatic heterocycles. The van der Waals surface area contributed by atoms with E-state index in [0.29, 0.717) is 31.3 Å². The zero-order chi connectivity index (χ0) is 31.6. The number of carbonyl (C=O) groups is 1. The Morgan fingerprint density at radius 3 is 2.53 bits per heavy atom. The van der Waals surface area contributed by atoms with Crippen molar-refractivity contribution in [2.24, 2.45) is 0 Å². The lowest BCUT2D eigenvalue weighted by molar-refractivity contribution is 0.0144. The van der Waals surface area contributed by atoms with E-state index in [0.717, 1.165) is 52.6 Å². The Labute approximate surface area is 268 Å². The molecule has 3 aromatic carbocycles. The van der Waals surface area contributed by atoms with E-state index in [4.69, 9.17) is 19.4 Å². The van der Waals surface area contributed by atoms with Gasteiger partial charge in [-0.2, -0.15) is 5.26 Å². The van der Waals surface area contributed by atoms with Crippen molar-refractivity contribution in [3.63, 3.8) is 0 Å². The maximum absolute atomic E-state index is 13.0. The number of hydrogen-bond donors (Lipinski definition) is 0. The van der Waals surface area contributed by atoms with E-state index in [2.05, 4.69) is 52.3 Å². The number of fused-ring (bicyclic) bond motifs is 2. The SMILES string of the molecule is CSc1nc2c(c(N3CCN(C(=O)OC(C)(C)C)C(CC#N)C3)n1)CCN(c1cc(Oc3ccccc3)cc3ccccc13)C2. The number of rotatable bonds is 6. The third kappa shape index (κ3) is 6.79. The van der Waals surface area contributed by atoms with E-state index in [-0.39, 0.29) is 18.6 Å². The Morgan fingerprint density at radius 2 is 1.78 bits per heavy atom. The number of para-hydroxylation sites is 1. The van der Waals surface area contributed by atoms with Gasteiger partial charge in [-0.15, -0.1) is 0 Å². The fraction of sp³-hybridized carbons (Fsp3) is 0.371. The quantitative estimate of drug-likeness (QED) is 0.166. The van der Waals surface area contributed by atoms with Crippen LogP contribution in [0.2, 0.25) is 0 Å². The molecule has 0 saturated carbocycles. The topological polar surface area (TPSA) is 94.8 Å². The molecule has 0 bridgehead atoms. The predicted molar refractivity (Wildman–Crippen MR) is 178 cm³/mol. The number of amides is 1. The van der Waals surface area contributed by atoms with E-state index in [1.165, 1.54) is 17.1 Å². The average Bonchev–Trinajstić information content (AvgIpc) is 3.03. The number of benzene rings is 3. The molecule has 0 radical (unpaired) electrons. The van der Waals surface area contributed by atoms with E-state index in [1.807, 2.05) is 57.4 Å². The highest BCUT2D eigenvalue weighted by Gasteiger charge is 2.35. The van der Waals surface area contributed by atoms with Gasteiger partial charge in [0.1, 0.15) is 22.9 Å². The van der Waals surface area contributed by atoms with Crippen LogP contribution in [-0.4, -0.2) is 65.0 Å². The molecule has 9 nitrogen and oxygen atoms in total. The Balaban J connectivity index is 1.30. The molecule has 10 heteroatoms. The summed E-state index contributed by atoms with van der Waals surface area (Å²) < 4.78 is 11.9. The van der Waals surface area contributed by atoms with Crippen molar-refractivity contribution < 1.29 is 14.3 Å². The van der Waals surface area contributed by atoms with Gasteiger partial charge in [0.2, 0.25) is 0 Å². The molecule has 4 aromatic rings. The number of ether oxygens (including phenoxy) is 2. The maximum Gasteiger partial charge on any atom is 0.410 e. The third-order valence-corrected chi connectivity index (χ3v) is 8.62. The lowest BCUT2D eigenvalue weighted by Gasteiger charge is -2.42. The van der Waals surface area contributed by atoms with Crippen LogP contribution >= 0.6 is 11.8 Å². The van der Waals surface area contributed by atoms with Crippen LogP contribution in [0.1, 0.15) is 38.4 Å². The van der Waals surface area contributed by atoms with Crippen molar-refractivity contribution in [2.45, 2.75) is 57.0 Å². The van der Waals surface area contributed by atoms with Crippen LogP contribution in [0.5, 0.6) is 11.5 Å². The van der Waals surface area contributed by atoms with Gasteiger partial charge in [0.05, 0.1) is 30.8 Å². The van der Waals surface area contributed by atoms with Gasteiger partial charge in [-0.05, 0) is 57.0 Å². The third-order valence-electron chi connectivity index (χ3n) is 8.08. The van der Waals surface area contributed by atoms with Crippen molar-refractivity contribution in [3.05, 3.63) is 78.0 Å². The molecule has 0 N–H and O–H groups in total. The Bertz CT molecular complexity index is 1740. The minimum Gasteiger partial charge on any atom is -0.457 e. The highest BCUT2D eigenvalue weighted by Crippen LogP contribution is 2.38. The van der Waals surface area contributed by atoms with Gasteiger partial charge in [-0.25, -0.2) is 14.8 Å². The second-order valence-electron chi connectivity index (χ2n) is 12.3. The van der Waals surface area contributed by atoms with Crippen LogP contribution in [0.25, 0.3) is 10.8 Å². The Hall–Kier alpha value is -4.49. The van der Waals surface area contributed by atoms with Crippen LogP contribution < -0.4 is 14.5 Å². The largest absolute Gasteiger partial charge is 0.457 e. The number of aromatic nitrogens is 2. The summed E-state index contributed by atoms with van der Waals surface area (Å²) in [6.45, 7) is 8.57. The van der Waals surface area contributed by atoms with Crippen molar-refractivity contribution in [2.75, 3.05) is 42.2 Å². The normalized spacial score (nSPS) is 16.7. The number of thioether (sulfide) groups is 1. The number of hydrogen-bond acceptors (Lipinski definition) is 9. The molecule has 6 rings (SSSR count). The standard InChI is InChI=1S/C35H38N6O3S/c1-35(2,3)44-34(42)41-19-18-40(22-25(41)14-16-36)32-29-15-17-39(23-30(29)37-33(38-32)45-4)31-21-27(43-26-11-6-5-7-12-26)20-24-10-8-9-13-28(24)31/h5-13,20-21,25H,14-15,17-19,22-23H2,1-4H3. The molecule has 1 amide bonds. The first kappa shape index (κ1) is 30.5. The molecule has 1 saturated heterocycles. The highest BCUT2D eigenvalue weighted by molar-refractivity contribution is 7.98. The zero-order valence-corrected chi connectivity index (χ0v) is 27.0. The molecule has 0 aliphatic carbocycles. The molecule has 2 aliphatic rings. The minimum absolute atomic E-state index is 0.223. The van der Waals surface area contributed by atoms with Gasteiger partial charge < -0.3 is 24.2 Å². The smallest absolute Gasteiger partial charge is 0.410 e. The summed E-state index contributed by atoms with van der Waals surface area (Å²) in [5.41, 5.74) is 2.64. The molecule has 45 heavy (non-hydrogen) atoms. The number of piperazine rings is 1. The second kappa shape index (κ2) is 12.9. The van der Waals surface area contributed by atoms with E-state index < -0.39 is 5.60 Å². The summed E-state index contributed by atoms with van der Waals surface area (Å²) in [7, 11) is 0. The lowest BCUT2D eigenvalue weighted by atomic mass is 10.0. The predicted octanol–water partition coefficient (Wildman–Crippen LogP) is 7.05. The van der Waals surface area contributed by atoms with E-state index >= 15 is 0 Å². The van der Waals surface area contributed by atoms with Crippen molar-refractivity contribution >= 4 is 40.1 Å². The fourth-order valence-electron chi connectivity index (χ4n) is 6.04. The molecule has 232 valence electrons. The van der Waals surface area contributed by atoms with Gasteiger partial charge in [-0.3, -0.25) is 0 Å². The average molecular weight is 623 g/mol. The summed E-state index contributed by atoms with van der Waals surface area (Å²) in [4.78, 5) is 29.3. The van der Waals surface area contributed by atoms with Gasteiger partial charge >= 0.3 is 6.09 Å². The molecular weight excluding hydrogens is 584 g/mol. The first-order valence-electron chi connectivity index (χ1n) is 15.3. The number of nitriles is 1. The van der Waals surface area contributed by atoms with Gasteiger partial charge in [0.15, 0.2) is 5.16 Å². The van der Waals surface area contributed by atoms with Gasteiger partial charge in [-0.1, -0.05) is 54.2 Å². The van der Waals surface area contributed by atoms with E-state index in [1.54, 1.807) is 4.90 Å². The Kier molecular flexibility index (Phi) is 8.72. The van der Waals surface area contributed by atoms with Gasteiger partial charge in [0, 0.05) is 48.9 Å². The van der Waals surface area contributed by atoms with Crippen LogP contribution in [0.4, 0.5) is 16.3 Å². The number of anilines is 2. The summed E-state index contributed by atoms with van der Waals surface area (Å²) in [5.74, 6) is 2.49. The molecule has 3 heterocycles. The Morgan fingerprint density at radius 1 is 1.00 bits per heavy atom. The van der Waals surface area contributed by atoms with Crippen molar-refractivity contribution in [1.29, 1.82) is 5.26 Å². The first-order chi connectivity index (χ1) is 21.7. The van der Waals surface area contributed by atoms with Crippen LogP contribution in [0, 0.1) is 11.3 Å².